The van der Waals surface area contributed by atoms with E-state index in [4.69, 9.17) is 16.2 Å². The molecule has 57 heavy (non-hydrogen) atoms. The minimum Gasteiger partial charge on any atom is -0.506 e. The van der Waals surface area contributed by atoms with Crippen molar-refractivity contribution in [2.24, 2.45) is 0 Å². The summed E-state index contributed by atoms with van der Waals surface area (Å²) in [7, 11) is 0. The van der Waals surface area contributed by atoms with Gasteiger partial charge in [-0.15, -0.1) is 11.3 Å². The van der Waals surface area contributed by atoms with Crippen LogP contribution in [0.4, 0.5) is 43.0 Å². The second-order valence-corrected chi connectivity index (χ2v) is 15.2. The van der Waals surface area contributed by atoms with Gasteiger partial charge in [0, 0.05) is 48.1 Å². The Morgan fingerprint density at radius 3 is 2.67 bits per heavy atom. The number of rotatable bonds is 10. The topological polar surface area (TPSA) is 172 Å². The third-order valence-corrected chi connectivity index (χ3v) is 11.8. The van der Waals surface area contributed by atoms with Crippen molar-refractivity contribution in [1.82, 2.24) is 24.8 Å². The first-order chi connectivity index (χ1) is 27.3. The Kier molecular flexibility index (Phi) is 9.68. The molecule has 2 aromatic carbocycles. The number of aromatic nitrogens is 4. The summed E-state index contributed by atoms with van der Waals surface area (Å²) in [6.45, 7) is 0.726. The summed E-state index contributed by atoms with van der Waals surface area (Å²) >= 11 is 0.614. The molecule has 2 fully saturated rings. The zero-order valence-corrected chi connectivity index (χ0v) is 30.7. The number of alkyl halides is 4. The van der Waals surface area contributed by atoms with Crippen LogP contribution in [-0.4, -0.2) is 61.3 Å². The van der Waals surface area contributed by atoms with E-state index in [0.717, 1.165) is 24.1 Å². The predicted molar refractivity (Wildman–Crippen MR) is 202 cm³/mol. The number of anilines is 3. The van der Waals surface area contributed by atoms with Crippen molar-refractivity contribution in [1.29, 1.82) is 5.26 Å². The first-order valence-corrected chi connectivity index (χ1v) is 18.7. The number of hydrogen-bond acceptors (Lipinski definition) is 12. The number of benzene rings is 2. The maximum absolute atomic E-state index is 17.4. The molecule has 6 aromatic rings. The quantitative estimate of drug-likeness (QED) is 0.0987. The monoisotopic (exact) mass is 805 g/mol. The van der Waals surface area contributed by atoms with Gasteiger partial charge in [0.15, 0.2) is 5.82 Å². The van der Waals surface area contributed by atoms with Crippen LogP contribution < -0.4 is 21.5 Å². The molecule has 0 radical (unpaired) electrons. The van der Waals surface area contributed by atoms with E-state index >= 15 is 22.0 Å². The lowest BCUT2D eigenvalue weighted by Crippen LogP contribution is -2.43. The van der Waals surface area contributed by atoms with Crippen LogP contribution in [0.5, 0.6) is 11.8 Å². The van der Waals surface area contributed by atoms with Crippen molar-refractivity contribution in [3.63, 3.8) is 0 Å². The Balaban J connectivity index is 1.36. The Hall–Kier alpha value is -5.93. The highest BCUT2D eigenvalue weighted by atomic mass is 32.1. The van der Waals surface area contributed by atoms with Gasteiger partial charge in [-0.1, -0.05) is 18.2 Å². The number of phenolic OH excluding ortho intramolecular Hbond substituents is 1. The summed E-state index contributed by atoms with van der Waals surface area (Å²) < 4.78 is 98.8. The molecule has 0 amide bonds. The number of fused-ring (bicyclic) bond motifs is 3. The fourth-order valence-electron chi connectivity index (χ4n) is 8.20. The normalized spacial score (nSPS) is 18.9. The number of ether oxygens (including phenoxy) is 1. The Labute approximate surface area is 325 Å². The van der Waals surface area contributed by atoms with Crippen LogP contribution in [0.2, 0.25) is 0 Å². The number of nitrogens with zero attached hydrogens (tertiary/aromatic N) is 6. The molecular formula is C39H33F6N9O2S. The van der Waals surface area contributed by atoms with Gasteiger partial charge in [0.2, 0.25) is 0 Å². The standard InChI is InChI=1S/C39H33F6N9O2S/c40-20-14-38(10-3-13-54(38)17-20)18-56-37-52-31-28(36(53-37)51-25(21-5-2-12-50-34(21)47)9-6-19-4-1-11-49-16-19)32(55)29(39(43,44)45)27(30(31)42)22-7-8-24(41)33-26(22)23(15-46)35(48)57-33/h1-2,4-5,7-8,11-12,16,20,25,55H,3,6,9-10,13-14,17-18,48H2,(H2,47,50)(H,51,52,53)/t20-,25-,38+/m1/s1. The van der Waals surface area contributed by atoms with Crippen LogP contribution in [-0.2, 0) is 12.6 Å². The van der Waals surface area contributed by atoms with Crippen molar-refractivity contribution in [3.8, 4) is 29.0 Å². The minimum absolute atomic E-state index is 0.0933. The van der Waals surface area contributed by atoms with Gasteiger partial charge < -0.3 is 26.6 Å². The summed E-state index contributed by atoms with van der Waals surface area (Å²) in [5.74, 6) is -4.24. The first kappa shape index (κ1) is 38.0. The van der Waals surface area contributed by atoms with Crippen molar-refractivity contribution in [2.75, 3.05) is 36.5 Å². The van der Waals surface area contributed by atoms with E-state index in [1.165, 1.54) is 6.20 Å². The van der Waals surface area contributed by atoms with Gasteiger partial charge in [-0.05, 0) is 61.6 Å². The van der Waals surface area contributed by atoms with Crippen molar-refractivity contribution in [2.45, 2.75) is 56.0 Å². The highest BCUT2D eigenvalue weighted by molar-refractivity contribution is 7.23. The number of phenols is 1. The van der Waals surface area contributed by atoms with Crippen LogP contribution >= 0.6 is 11.3 Å². The number of pyridine rings is 2. The summed E-state index contributed by atoms with van der Waals surface area (Å²) in [6, 6.07) is 9.05. The maximum Gasteiger partial charge on any atom is 0.420 e. The van der Waals surface area contributed by atoms with Gasteiger partial charge in [0.05, 0.1) is 27.2 Å². The SMILES string of the molecule is N#Cc1c(N)sc2c(F)ccc(-c3c(C(F)(F)F)c(O)c4c(N[C@H](CCc5cccnc5)c5cccnc5N)nc(OC[C@@]56CCCN5C[C@H](F)C6)nc4c3F)c12. The van der Waals surface area contributed by atoms with E-state index < -0.39 is 80.7 Å². The van der Waals surface area contributed by atoms with Gasteiger partial charge in [-0.2, -0.15) is 28.4 Å². The van der Waals surface area contributed by atoms with Gasteiger partial charge in [-0.25, -0.2) is 18.2 Å². The van der Waals surface area contributed by atoms with Crippen LogP contribution in [0.1, 0.15) is 54.0 Å². The minimum atomic E-state index is -5.42. The van der Waals surface area contributed by atoms with Crippen LogP contribution in [0.15, 0.2) is 55.0 Å². The fraction of sp³-hybridized carbons (Fsp3) is 0.308. The van der Waals surface area contributed by atoms with E-state index in [-0.39, 0.29) is 52.5 Å². The largest absolute Gasteiger partial charge is 0.506 e. The maximum atomic E-state index is 17.4. The molecule has 0 bridgehead atoms. The van der Waals surface area contributed by atoms with Crippen molar-refractivity contribution >= 4 is 49.0 Å². The van der Waals surface area contributed by atoms with Crippen molar-refractivity contribution in [3.05, 3.63) is 88.9 Å². The molecular weight excluding hydrogens is 773 g/mol. The molecule has 294 valence electrons. The molecule has 2 aliphatic rings. The van der Waals surface area contributed by atoms with E-state index in [9.17, 15) is 14.8 Å². The third kappa shape index (κ3) is 6.73. The molecule has 6 heterocycles. The Morgan fingerprint density at radius 1 is 1.12 bits per heavy atom. The molecule has 8 rings (SSSR count). The zero-order chi connectivity index (χ0) is 40.2. The molecule has 3 atom stereocenters. The highest BCUT2D eigenvalue weighted by Gasteiger charge is 2.49. The van der Waals surface area contributed by atoms with Crippen LogP contribution in [0, 0.1) is 23.0 Å². The molecule has 11 nitrogen and oxygen atoms in total. The van der Waals surface area contributed by atoms with E-state index in [1.54, 1.807) is 36.7 Å². The fourth-order valence-corrected chi connectivity index (χ4v) is 9.15. The predicted octanol–water partition coefficient (Wildman–Crippen LogP) is 8.08. The Morgan fingerprint density at radius 2 is 1.93 bits per heavy atom. The molecule has 0 saturated carbocycles. The molecule has 4 aromatic heterocycles. The molecule has 2 saturated heterocycles. The highest BCUT2D eigenvalue weighted by Crippen LogP contribution is 2.52. The van der Waals surface area contributed by atoms with Gasteiger partial charge >= 0.3 is 12.2 Å². The van der Waals surface area contributed by atoms with Crippen molar-refractivity contribution < 1.29 is 36.2 Å². The summed E-state index contributed by atoms with van der Waals surface area (Å²) in [5.41, 5.74) is 8.11. The Bertz CT molecular complexity index is 2570. The van der Waals surface area contributed by atoms with Gasteiger partial charge in [-0.3, -0.25) is 9.88 Å². The van der Waals surface area contributed by atoms with Crippen LogP contribution in [0.3, 0.4) is 0 Å². The van der Waals surface area contributed by atoms with E-state index in [0.29, 0.717) is 36.3 Å². The lowest BCUT2D eigenvalue weighted by molar-refractivity contribution is -0.138. The number of hydrogen-bond donors (Lipinski definition) is 4. The first-order valence-electron chi connectivity index (χ1n) is 17.9. The second-order valence-electron chi connectivity index (χ2n) is 14.2. The number of nitriles is 1. The zero-order valence-electron chi connectivity index (χ0n) is 29.9. The number of aromatic hydroxyl groups is 1. The molecule has 2 aliphatic heterocycles. The summed E-state index contributed by atoms with van der Waals surface area (Å²) in [4.78, 5) is 19.0. The lowest BCUT2D eigenvalue weighted by Gasteiger charge is -2.31. The number of nitrogen functional groups attached to an aromatic ring is 2. The smallest absolute Gasteiger partial charge is 0.420 e. The average Bonchev–Trinajstić information content (AvgIpc) is 3.83. The average molecular weight is 806 g/mol. The summed E-state index contributed by atoms with van der Waals surface area (Å²) in [5, 5.41) is 23.5. The molecule has 18 heteroatoms. The summed E-state index contributed by atoms with van der Waals surface area (Å²) in [6.07, 6.45) is 0.373. The number of thiophene rings is 1. The second kappa shape index (κ2) is 14.5. The number of aryl methyl sites for hydroxylation is 1. The molecule has 6 N–H and O–H groups in total. The number of nitrogens with one attached hydrogen (secondary N) is 1. The molecule has 0 spiro atoms. The molecule has 0 unspecified atom stereocenters. The van der Waals surface area contributed by atoms with Gasteiger partial charge in [0.1, 0.15) is 58.1 Å². The van der Waals surface area contributed by atoms with Gasteiger partial charge in [0.25, 0.3) is 0 Å². The number of halogens is 6. The lowest BCUT2D eigenvalue weighted by atomic mass is 9.91. The van der Waals surface area contributed by atoms with E-state index in [1.807, 2.05) is 11.0 Å². The van der Waals surface area contributed by atoms with E-state index in [2.05, 4.69) is 25.3 Å². The molecule has 0 aliphatic carbocycles. The third-order valence-electron chi connectivity index (χ3n) is 10.8. The number of nitrogens with two attached hydrogens (primary N) is 2. The van der Waals surface area contributed by atoms with Crippen LogP contribution in [0.25, 0.3) is 32.1 Å².